The molecule has 1 rings (SSSR count). The number of rotatable bonds is 7. The normalized spacial score (nSPS) is 10.8. The average Bonchev–Trinajstić information content (AvgIpc) is 2.43. The van der Waals surface area contributed by atoms with Gasteiger partial charge in [-0.1, -0.05) is 12.1 Å². The Bertz CT molecular complexity index is 500. The molecule has 6 heteroatoms. The van der Waals surface area contributed by atoms with Crippen LogP contribution >= 0.6 is 0 Å². The van der Waals surface area contributed by atoms with Gasteiger partial charge < -0.3 is 20.5 Å². The third-order valence-corrected chi connectivity index (χ3v) is 3.00. The number of carboxylic acid groups (broad SMARTS) is 1. The Hall–Kier alpha value is -2.24. The first-order chi connectivity index (χ1) is 9.82. The van der Waals surface area contributed by atoms with Crippen molar-refractivity contribution in [3.63, 3.8) is 0 Å². The van der Waals surface area contributed by atoms with Gasteiger partial charge in [0, 0.05) is 18.5 Å². The molecule has 0 aliphatic rings. The first kappa shape index (κ1) is 16.8. The van der Waals surface area contributed by atoms with Crippen molar-refractivity contribution in [2.45, 2.75) is 38.8 Å². The molecule has 3 N–H and O–H groups in total. The van der Waals surface area contributed by atoms with E-state index >= 15 is 0 Å². The summed E-state index contributed by atoms with van der Waals surface area (Å²) >= 11 is 0. The fraction of sp³-hybridized carbons (Fsp3) is 0.467. The highest BCUT2D eigenvalue weighted by Crippen LogP contribution is 2.13. The number of benzene rings is 1. The monoisotopic (exact) mass is 294 g/mol. The highest BCUT2D eigenvalue weighted by molar-refractivity contribution is 5.75. The van der Waals surface area contributed by atoms with E-state index in [1.54, 1.807) is 21.0 Å². The van der Waals surface area contributed by atoms with Gasteiger partial charge in [0.1, 0.15) is 5.75 Å². The maximum atomic E-state index is 11.8. The van der Waals surface area contributed by atoms with Gasteiger partial charge in [0.15, 0.2) is 0 Å². The first-order valence-corrected chi connectivity index (χ1v) is 6.73. The van der Waals surface area contributed by atoms with Crippen LogP contribution in [0.3, 0.4) is 0 Å². The largest absolute Gasteiger partial charge is 0.497 e. The zero-order chi connectivity index (χ0) is 15.9. The summed E-state index contributed by atoms with van der Waals surface area (Å²) in [5.41, 5.74) is 0.351. The molecule has 0 unspecified atom stereocenters. The zero-order valence-electron chi connectivity index (χ0n) is 12.6. The predicted octanol–water partition coefficient (Wildman–Crippen LogP) is 2.14. The van der Waals surface area contributed by atoms with Gasteiger partial charge >= 0.3 is 12.0 Å². The van der Waals surface area contributed by atoms with Crippen molar-refractivity contribution in [3.05, 3.63) is 29.8 Å². The van der Waals surface area contributed by atoms with Crippen LogP contribution in [-0.2, 0) is 11.3 Å². The van der Waals surface area contributed by atoms with E-state index in [1.807, 2.05) is 24.3 Å². The van der Waals surface area contributed by atoms with Gasteiger partial charge in [-0.15, -0.1) is 0 Å². The molecule has 116 valence electrons. The number of nitrogens with one attached hydrogen (secondary N) is 2. The summed E-state index contributed by atoms with van der Waals surface area (Å²) in [6, 6.07) is 7.09. The summed E-state index contributed by atoms with van der Waals surface area (Å²) in [4.78, 5) is 22.4. The van der Waals surface area contributed by atoms with Crippen LogP contribution in [-0.4, -0.2) is 29.8 Å². The van der Waals surface area contributed by atoms with Gasteiger partial charge in [-0.3, -0.25) is 4.79 Å². The molecule has 0 atom stereocenters. The summed E-state index contributed by atoms with van der Waals surface area (Å²) in [6.45, 7) is 3.96. The highest BCUT2D eigenvalue weighted by Gasteiger charge is 2.21. The smallest absolute Gasteiger partial charge is 0.315 e. The average molecular weight is 294 g/mol. The van der Waals surface area contributed by atoms with Gasteiger partial charge in [0.25, 0.3) is 0 Å². The van der Waals surface area contributed by atoms with E-state index in [2.05, 4.69) is 10.6 Å². The molecule has 6 nitrogen and oxygen atoms in total. The highest BCUT2D eigenvalue weighted by atomic mass is 16.5. The van der Waals surface area contributed by atoms with Crippen LogP contribution in [0.5, 0.6) is 5.75 Å². The van der Waals surface area contributed by atoms with Gasteiger partial charge in [0.05, 0.1) is 7.11 Å². The minimum Gasteiger partial charge on any atom is -0.497 e. The SMILES string of the molecule is COc1cccc(CNC(=O)NC(C)(C)CCC(=O)O)c1. The van der Waals surface area contributed by atoms with E-state index in [0.717, 1.165) is 11.3 Å². The van der Waals surface area contributed by atoms with Crippen molar-refractivity contribution >= 4 is 12.0 Å². The Morgan fingerprint density at radius 3 is 2.67 bits per heavy atom. The van der Waals surface area contributed by atoms with Crippen molar-refractivity contribution in [1.29, 1.82) is 0 Å². The maximum Gasteiger partial charge on any atom is 0.315 e. The van der Waals surface area contributed by atoms with E-state index < -0.39 is 11.5 Å². The molecule has 1 aromatic carbocycles. The Morgan fingerprint density at radius 2 is 2.05 bits per heavy atom. The van der Waals surface area contributed by atoms with Crippen LogP contribution in [0.25, 0.3) is 0 Å². The molecule has 0 spiro atoms. The molecule has 0 aliphatic heterocycles. The third kappa shape index (κ3) is 6.65. The number of carbonyl (C=O) groups is 2. The molecular weight excluding hydrogens is 272 g/mol. The quantitative estimate of drug-likeness (QED) is 0.719. The Morgan fingerprint density at radius 1 is 1.33 bits per heavy atom. The lowest BCUT2D eigenvalue weighted by Crippen LogP contribution is -2.48. The lowest BCUT2D eigenvalue weighted by molar-refractivity contribution is -0.137. The molecule has 0 aromatic heterocycles. The van der Waals surface area contributed by atoms with Gasteiger partial charge in [-0.2, -0.15) is 0 Å². The number of amides is 2. The molecule has 0 heterocycles. The Kier molecular flexibility index (Phi) is 6.02. The maximum absolute atomic E-state index is 11.8. The van der Waals surface area contributed by atoms with Crippen LogP contribution in [0.2, 0.25) is 0 Å². The number of urea groups is 1. The first-order valence-electron chi connectivity index (χ1n) is 6.73. The second-order valence-electron chi connectivity index (χ2n) is 5.44. The van der Waals surface area contributed by atoms with E-state index in [1.165, 1.54) is 0 Å². The standard InChI is InChI=1S/C15H22N2O4/c1-15(2,8-7-13(18)19)17-14(20)16-10-11-5-4-6-12(9-11)21-3/h4-6,9H,7-8,10H2,1-3H3,(H,18,19)(H2,16,17,20). The van der Waals surface area contributed by atoms with Crippen molar-refractivity contribution in [3.8, 4) is 5.75 Å². The molecule has 0 bridgehead atoms. The molecule has 21 heavy (non-hydrogen) atoms. The number of methoxy groups -OCH3 is 1. The van der Waals surface area contributed by atoms with Gasteiger partial charge in [-0.25, -0.2) is 4.79 Å². The van der Waals surface area contributed by atoms with Crippen molar-refractivity contribution in [2.75, 3.05) is 7.11 Å². The molecule has 0 fully saturated rings. The molecular formula is C15H22N2O4. The second-order valence-corrected chi connectivity index (χ2v) is 5.44. The Balaban J connectivity index is 2.44. The number of aliphatic carboxylic acids is 1. The fourth-order valence-electron chi connectivity index (χ4n) is 1.80. The molecule has 1 aromatic rings. The lowest BCUT2D eigenvalue weighted by atomic mass is 9.99. The number of carboxylic acids is 1. The number of carbonyl (C=O) groups excluding carboxylic acids is 1. The van der Waals surface area contributed by atoms with E-state index in [9.17, 15) is 9.59 Å². The molecule has 0 saturated carbocycles. The summed E-state index contributed by atoms with van der Waals surface area (Å²) < 4.78 is 5.11. The molecule has 0 saturated heterocycles. The third-order valence-electron chi connectivity index (χ3n) is 3.00. The minimum absolute atomic E-state index is 0.0170. The van der Waals surface area contributed by atoms with E-state index in [0.29, 0.717) is 13.0 Å². The lowest BCUT2D eigenvalue weighted by Gasteiger charge is -2.25. The zero-order valence-corrected chi connectivity index (χ0v) is 12.6. The number of hydrogen-bond acceptors (Lipinski definition) is 3. The molecule has 0 aliphatic carbocycles. The topological polar surface area (TPSA) is 87.7 Å². The molecule has 0 radical (unpaired) electrons. The van der Waals surface area contributed by atoms with Crippen molar-refractivity contribution in [1.82, 2.24) is 10.6 Å². The molecule has 2 amide bonds. The summed E-state index contributed by atoms with van der Waals surface area (Å²) in [7, 11) is 1.59. The fourth-order valence-corrected chi connectivity index (χ4v) is 1.80. The van der Waals surface area contributed by atoms with Crippen LogP contribution in [0, 0.1) is 0 Å². The van der Waals surface area contributed by atoms with Crippen LogP contribution < -0.4 is 15.4 Å². The van der Waals surface area contributed by atoms with Crippen LogP contribution in [0.15, 0.2) is 24.3 Å². The van der Waals surface area contributed by atoms with Crippen LogP contribution in [0.4, 0.5) is 4.79 Å². The second kappa shape index (κ2) is 7.52. The van der Waals surface area contributed by atoms with E-state index in [4.69, 9.17) is 9.84 Å². The van der Waals surface area contributed by atoms with Crippen LogP contribution in [0.1, 0.15) is 32.3 Å². The summed E-state index contributed by atoms with van der Waals surface area (Å²) in [6.07, 6.45) is 0.387. The predicted molar refractivity (Wildman–Crippen MR) is 79.3 cm³/mol. The number of ether oxygens (including phenoxy) is 1. The van der Waals surface area contributed by atoms with E-state index in [-0.39, 0.29) is 12.5 Å². The minimum atomic E-state index is -0.873. The summed E-state index contributed by atoms with van der Waals surface area (Å²) in [5, 5.41) is 14.2. The number of hydrogen-bond donors (Lipinski definition) is 3. The van der Waals surface area contributed by atoms with Gasteiger partial charge in [-0.05, 0) is 38.0 Å². The van der Waals surface area contributed by atoms with Gasteiger partial charge in [0.2, 0.25) is 0 Å². The Labute approximate surface area is 124 Å². The summed E-state index contributed by atoms with van der Waals surface area (Å²) in [5.74, 6) is -0.141. The van der Waals surface area contributed by atoms with Crippen molar-refractivity contribution < 1.29 is 19.4 Å². The van der Waals surface area contributed by atoms with Crippen molar-refractivity contribution in [2.24, 2.45) is 0 Å².